The van der Waals surface area contributed by atoms with E-state index in [9.17, 15) is 38.7 Å². The van der Waals surface area contributed by atoms with E-state index >= 15 is 0 Å². The van der Waals surface area contributed by atoms with Crippen molar-refractivity contribution in [2.75, 3.05) is 39.4 Å². The van der Waals surface area contributed by atoms with Gasteiger partial charge in [-0.3, -0.25) is 33.8 Å². The maximum Gasteiger partial charge on any atom is 0.363 e. The van der Waals surface area contributed by atoms with Crippen LogP contribution in [0.5, 0.6) is 5.75 Å². The number of hydrogen-bond donors (Lipinski definition) is 6. The summed E-state index contributed by atoms with van der Waals surface area (Å²) < 4.78 is 6.22. The van der Waals surface area contributed by atoms with Crippen LogP contribution < -0.4 is 27.4 Å². The molecule has 0 saturated carbocycles. The highest BCUT2D eigenvalue weighted by atomic mass is 127. The van der Waals surface area contributed by atoms with Gasteiger partial charge in [0.25, 0.3) is 17.7 Å². The number of halogens is 1. The Bertz CT molecular complexity index is 1700. The number of carbonyl (C=O) groups excluding carboxylic acids is 7. The number of benzene rings is 2. The summed E-state index contributed by atoms with van der Waals surface area (Å²) in [7, 11) is 0. The van der Waals surface area contributed by atoms with Gasteiger partial charge in [0.1, 0.15) is 5.75 Å². The molecule has 8 N–H and O–H groups in total. The minimum Gasteiger partial charge on any atom is -0.508 e. The van der Waals surface area contributed by atoms with Crippen LogP contribution >= 0.6 is 22.6 Å². The SMILES string of the molecule is C[C@@H](CCCN=C(N)N)C(=O)NCC(=O)CC(Cc1ccc(O)cc1)C(=O)NCCOCCCCNC(=O)c1cc(I)cc(C(=O)ON2C(=O)CCC2=O)c1. The highest BCUT2D eigenvalue weighted by molar-refractivity contribution is 14.1. The molecule has 17 nitrogen and oxygen atoms in total. The molecule has 1 fully saturated rings. The Morgan fingerprint density at radius 1 is 0.891 bits per heavy atom. The standard InChI is InChI=1S/C37H48IN7O10/c1-23(5-4-13-43-37(39)40)33(50)44-22-30(47)21-25(17-24-6-8-29(46)9-7-24)34(51)42-14-16-54-15-3-2-12-41-35(52)26-18-27(20-28(38)19-26)36(53)55-45-31(48)10-11-32(45)49/h6-9,18-20,23,25,46H,2-5,10-17,21-22H2,1H3,(H,41,52)(H,42,51)(H,44,50)(H4,39,40,43)/t23-,25?/m0/s1. The van der Waals surface area contributed by atoms with Crippen molar-refractivity contribution < 1.29 is 48.2 Å². The van der Waals surface area contributed by atoms with Gasteiger partial charge in [-0.1, -0.05) is 19.1 Å². The van der Waals surface area contributed by atoms with Gasteiger partial charge in [-0.05, 0) is 90.6 Å². The molecular formula is C37H48IN7O10. The van der Waals surface area contributed by atoms with Crippen molar-refractivity contribution in [1.29, 1.82) is 0 Å². The lowest BCUT2D eigenvalue weighted by Crippen LogP contribution is -2.38. The Balaban J connectivity index is 1.37. The van der Waals surface area contributed by atoms with Gasteiger partial charge in [-0.2, -0.15) is 0 Å². The molecule has 55 heavy (non-hydrogen) atoms. The van der Waals surface area contributed by atoms with E-state index in [0.29, 0.717) is 54.0 Å². The lowest BCUT2D eigenvalue weighted by atomic mass is 9.93. The van der Waals surface area contributed by atoms with Gasteiger partial charge in [0, 0.05) is 66.5 Å². The number of amides is 5. The number of carbonyl (C=O) groups is 7. The second kappa shape index (κ2) is 23.0. The zero-order chi connectivity index (χ0) is 40.3. The number of Topliss-reactive ketones (excluding diaryl/α,β-unsaturated/α-hetero) is 1. The number of nitrogens with one attached hydrogen (secondary N) is 3. The fraction of sp³-hybridized carbons (Fsp3) is 0.459. The van der Waals surface area contributed by atoms with Gasteiger partial charge >= 0.3 is 5.97 Å². The van der Waals surface area contributed by atoms with Crippen molar-refractivity contribution in [3.8, 4) is 5.75 Å². The van der Waals surface area contributed by atoms with E-state index in [1.807, 2.05) is 22.6 Å². The van der Waals surface area contributed by atoms with Crippen LogP contribution in [0.2, 0.25) is 0 Å². The Morgan fingerprint density at radius 3 is 2.27 bits per heavy atom. The zero-order valence-corrected chi connectivity index (χ0v) is 32.8. The largest absolute Gasteiger partial charge is 0.508 e. The van der Waals surface area contributed by atoms with Crippen LogP contribution in [0.1, 0.15) is 78.1 Å². The number of aromatic hydroxyl groups is 1. The number of hydrogen-bond acceptors (Lipinski definition) is 11. The van der Waals surface area contributed by atoms with E-state index in [0.717, 1.165) is 5.56 Å². The quantitative estimate of drug-likeness (QED) is 0.0305. The molecule has 1 heterocycles. The van der Waals surface area contributed by atoms with Crippen LogP contribution in [0.25, 0.3) is 0 Å². The zero-order valence-electron chi connectivity index (χ0n) is 30.6. The molecule has 2 atom stereocenters. The Labute approximate surface area is 332 Å². The fourth-order valence-electron chi connectivity index (χ4n) is 5.38. The van der Waals surface area contributed by atoms with Gasteiger partial charge in [-0.15, -0.1) is 5.06 Å². The highest BCUT2D eigenvalue weighted by Crippen LogP contribution is 2.19. The first kappa shape index (κ1) is 44.3. The number of phenolic OH excluding ortho intramolecular Hbond substituents is 1. The molecular weight excluding hydrogens is 829 g/mol. The normalized spacial score (nSPS) is 13.5. The van der Waals surface area contributed by atoms with E-state index in [1.165, 1.54) is 24.3 Å². The van der Waals surface area contributed by atoms with Crippen LogP contribution in [-0.4, -0.2) is 96.8 Å². The molecule has 0 aromatic heterocycles. The third-order valence-electron chi connectivity index (χ3n) is 8.38. The maximum absolute atomic E-state index is 13.1. The van der Waals surface area contributed by atoms with Crippen molar-refractivity contribution in [3.63, 3.8) is 0 Å². The number of rotatable bonds is 23. The molecule has 1 unspecified atom stereocenters. The molecule has 298 valence electrons. The number of hydroxylamine groups is 2. The molecule has 18 heteroatoms. The summed E-state index contributed by atoms with van der Waals surface area (Å²) in [4.78, 5) is 96.2. The molecule has 0 bridgehead atoms. The van der Waals surface area contributed by atoms with Crippen molar-refractivity contribution in [1.82, 2.24) is 21.0 Å². The fourth-order valence-corrected chi connectivity index (χ4v) is 6.05. The summed E-state index contributed by atoms with van der Waals surface area (Å²) in [6.07, 6.45) is 2.41. The third-order valence-corrected chi connectivity index (χ3v) is 9.01. The summed E-state index contributed by atoms with van der Waals surface area (Å²) >= 11 is 1.95. The highest BCUT2D eigenvalue weighted by Gasteiger charge is 2.33. The Kier molecular flexibility index (Phi) is 18.5. The van der Waals surface area contributed by atoms with Crippen LogP contribution in [0.4, 0.5) is 0 Å². The minimum absolute atomic E-state index is 0.0160. The average Bonchev–Trinajstić information content (AvgIpc) is 3.46. The van der Waals surface area contributed by atoms with Crippen molar-refractivity contribution in [2.45, 2.75) is 58.3 Å². The van der Waals surface area contributed by atoms with Gasteiger partial charge < -0.3 is 42.1 Å². The van der Waals surface area contributed by atoms with Crippen molar-refractivity contribution in [2.24, 2.45) is 28.3 Å². The van der Waals surface area contributed by atoms with Gasteiger partial charge in [0.2, 0.25) is 11.8 Å². The van der Waals surface area contributed by atoms with E-state index in [4.69, 9.17) is 21.0 Å². The molecule has 0 aliphatic carbocycles. The maximum atomic E-state index is 13.1. The molecule has 1 aliphatic rings. The number of imide groups is 1. The summed E-state index contributed by atoms with van der Waals surface area (Å²) in [5.74, 6) is -4.50. The van der Waals surface area contributed by atoms with E-state index in [1.54, 1.807) is 25.1 Å². The van der Waals surface area contributed by atoms with Crippen LogP contribution in [-0.2, 0) is 40.0 Å². The minimum atomic E-state index is -0.925. The van der Waals surface area contributed by atoms with Crippen LogP contribution in [0.15, 0.2) is 47.5 Å². The average molecular weight is 878 g/mol. The Morgan fingerprint density at radius 2 is 1.58 bits per heavy atom. The first-order chi connectivity index (χ1) is 26.2. The number of ketones is 1. The summed E-state index contributed by atoms with van der Waals surface area (Å²) in [6, 6.07) is 10.7. The topological polar surface area (TPSA) is 262 Å². The molecule has 0 spiro atoms. The van der Waals surface area contributed by atoms with Gasteiger partial charge in [-0.25, -0.2) is 4.79 Å². The number of nitrogens with zero attached hydrogens (tertiary/aromatic N) is 2. The van der Waals surface area contributed by atoms with Crippen molar-refractivity contribution in [3.05, 3.63) is 62.7 Å². The second-order valence-corrected chi connectivity index (χ2v) is 14.2. The molecule has 1 aliphatic heterocycles. The lowest BCUT2D eigenvalue weighted by molar-refractivity contribution is -0.172. The molecule has 0 radical (unpaired) electrons. The molecule has 1 saturated heterocycles. The van der Waals surface area contributed by atoms with E-state index in [2.05, 4.69) is 20.9 Å². The van der Waals surface area contributed by atoms with Gasteiger partial charge in [0.15, 0.2) is 11.7 Å². The number of aliphatic imine (C=N–C) groups is 1. The second-order valence-electron chi connectivity index (χ2n) is 12.9. The predicted molar refractivity (Wildman–Crippen MR) is 208 cm³/mol. The van der Waals surface area contributed by atoms with E-state index in [-0.39, 0.29) is 91.7 Å². The number of unbranched alkanes of at least 4 members (excludes halogenated alkanes) is 1. The molecule has 3 rings (SSSR count). The van der Waals surface area contributed by atoms with Crippen molar-refractivity contribution >= 4 is 69.8 Å². The summed E-state index contributed by atoms with van der Waals surface area (Å²) in [5.41, 5.74) is 11.6. The summed E-state index contributed by atoms with van der Waals surface area (Å²) in [6.45, 7) is 3.02. The number of nitrogens with two attached hydrogens (primary N) is 2. The molecule has 2 aromatic carbocycles. The number of ether oxygens (including phenoxy) is 1. The monoisotopic (exact) mass is 877 g/mol. The smallest absolute Gasteiger partial charge is 0.363 e. The third kappa shape index (κ3) is 16.0. The lowest BCUT2D eigenvalue weighted by Gasteiger charge is -2.17. The molecule has 2 aromatic rings. The first-order valence-electron chi connectivity index (χ1n) is 17.9. The Hall–Kier alpha value is -5.11. The van der Waals surface area contributed by atoms with Gasteiger partial charge in [0.05, 0.1) is 18.7 Å². The van der Waals surface area contributed by atoms with Crippen LogP contribution in [0.3, 0.4) is 0 Å². The first-order valence-corrected chi connectivity index (χ1v) is 19.0. The predicted octanol–water partition coefficient (Wildman–Crippen LogP) is 1.48. The summed E-state index contributed by atoms with van der Waals surface area (Å²) in [5, 5.41) is 18.3. The van der Waals surface area contributed by atoms with Crippen LogP contribution in [0, 0.1) is 15.4 Å². The number of guanidine groups is 1. The number of phenols is 1. The van der Waals surface area contributed by atoms with E-state index < -0.39 is 29.6 Å². The molecule has 5 amide bonds.